The van der Waals surface area contributed by atoms with Gasteiger partial charge in [-0.2, -0.15) is 4.31 Å². The van der Waals surface area contributed by atoms with Gasteiger partial charge in [-0.05, 0) is 44.5 Å². The van der Waals surface area contributed by atoms with Crippen molar-refractivity contribution in [3.05, 3.63) is 24.3 Å². The molecule has 118 valence electrons. The highest BCUT2D eigenvalue weighted by Gasteiger charge is 2.32. The molecule has 1 fully saturated rings. The average molecular weight is 313 g/mol. The summed E-state index contributed by atoms with van der Waals surface area (Å²) in [5.41, 5.74) is 0. The van der Waals surface area contributed by atoms with E-state index in [1.807, 2.05) is 20.8 Å². The minimum Gasteiger partial charge on any atom is -0.494 e. The second-order valence-corrected chi connectivity index (χ2v) is 7.34. The number of sulfonamides is 1. The van der Waals surface area contributed by atoms with Crippen molar-refractivity contribution < 1.29 is 17.9 Å². The number of nitrogens with zero attached hydrogens (tertiary/aromatic N) is 1. The molecule has 1 aliphatic heterocycles. The van der Waals surface area contributed by atoms with Crippen molar-refractivity contribution in [2.24, 2.45) is 0 Å². The summed E-state index contributed by atoms with van der Waals surface area (Å²) < 4.78 is 37.8. The summed E-state index contributed by atoms with van der Waals surface area (Å²) in [5, 5.41) is 0. The number of ether oxygens (including phenoxy) is 2. The molecule has 0 radical (unpaired) electrons. The van der Waals surface area contributed by atoms with E-state index in [9.17, 15) is 8.42 Å². The Morgan fingerprint density at radius 1 is 1.19 bits per heavy atom. The van der Waals surface area contributed by atoms with Gasteiger partial charge in [-0.3, -0.25) is 0 Å². The molecule has 0 unspecified atom stereocenters. The molecule has 2 atom stereocenters. The van der Waals surface area contributed by atoms with Crippen LogP contribution in [-0.4, -0.2) is 44.6 Å². The first kappa shape index (κ1) is 16.3. The highest BCUT2D eigenvalue weighted by molar-refractivity contribution is 7.89. The maximum atomic E-state index is 12.6. The Labute approximate surface area is 126 Å². The minimum absolute atomic E-state index is 0.0873. The van der Waals surface area contributed by atoms with Crippen molar-refractivity contribution >= 4 is 10.0 Å². The summed E-state index contributed by atoms with van der Waals surface area (Å²) >= 11 is 0. The van der Waals surface area contributed by atoms with Crippen LogP contribution in [0.5, 0.6) is 5.75 Å². The van der Waals surface area contributed by atoms with Gasteiger partial charge in [0.2, 0.25) is 10.0 Å². The van der Waals surface area contributed by atoms with Crippen molar-refractivity contribution in [3.63, 3.8) is 0 Å². The second kappa shape index (κ2) is 6.77. The van der Waals surface area contributed by atoms with E-state index >= 15 is 0 Å². The molecule has 21 heavy (non-hydrogen) atoms. The largest absolute Gasteiger partial charge is 0.494 e. The molecule has 0 bridgehead atoms. The smallest absolute Gasteiger partial charge is 0.243 e. The van der Waals surface area contributed by atoms with Crippen molar-refractivity contribution in [2.75, 3.05) is 19.7 Å². The third kappa shape index (κ3) is 3.96. The summed E-state index contributed by atoms with van der Waals surface area (Å²) in [6, 6.07) is 6.61. The molecule has 0 aliphatic carbocycles. The average Bonchev–Trinajstić information content (AvgIpc) is 2.44. The second-order valence-electron chi connectivity index (χ2n) is 5.40. The molecule has 5 nitrogen and oxygen atoms in total. The predicted octanol–water partition coefficient (Wildman–Crippen LogP) is 2.27. The van der Waals surface area contributed by atoms with E-state index in [-0.39, 0.29) is 12.2 Å². The van der Waals surface area contributed by atoms with Crippen LogP contribution < -0.4 is 4.74 Å². The Balaban J connectivity index is 2.15. The van der Waals surface area contributed by atoms with Gasteiger partial charge in [-0.1, -0.05) is 6.92 Å². The fraction of sp³-hybridized carbons (Fsp3) is 0.600. The first-order valence-corrected chi connectivity index (χ1v) is 8.76. The molecular weight excluding hydrogens is 290 g/mol. The molecule has 0 spiro atoms. The maximum absolute atomic E-state index is 12.6. The number of benzene rings is 1. The summed E-state index contributed by atoms with van der Waals surface area (Å²) in [6.45, 7) is 7.21. The normalized spacial score (nSPS) is 24.0. The van der Waals surface area contributed by atoms with E-state index in [1.165, 1.54) is 4.31 Å². The molecule has 0 N–H and O–H groups in total. The monoisotopic (exact) mass is 313 g/mol. The van der Waals surface area contributed by atoms with Gasteiger partial charge in [0.05, 0.1) is 23.7 Å². The van der Waals surface area contributed by atoms with E-state index in [2.05, 4.69) is 0 Å². The van der Waals surface area contributed by atoms with Gasteiger partial charge in [-0.25, -0.2) is 8.42 Å². The zero-order chi connectivity index (χ0) is 15.5. The van der Waals surface area contributed by atoms with Gasteiger partial charge in [0.25, 0.3) is 0 Å². The van der Waals surface area contributed by atoms with Crippen molar-refractivity contribution in [1.82, 2.24) is 4.31 Å². The molecule has 2 rings (SSSR count). The van der Waals surface area contributed by atoms with E-state index < -0.39 is 10.0 Å². The third-order valence-electron chi connectivity index (χ3n) is 3.32. The fourth-order valence-electron chi connectivity index (χ4n) is 2.40. The lowest BCUT2D eigenvalue weighted by atomic mass is 10.3. The Hall–Kier alpha value is -1.11. The Morgan fingerprint density at radius 2 is 1.76 bits per heavy atom. The zero-order valence-corrected chi connectivity index (χ0v) is 13.6. The molecule has 0 saturated carbocycles. The quantitative estimate of drug-likeness (QED) is 0.837. The van der Waals surface area contributed by atoms with Crippen LogP contribution in [0.3, 0.4) is 0 Å². The molecule has 1 aliphatic rings. The van der Waals surface area contributed by atoms with Crippen LogP contribution in [0.25, 0.3) is 0 Å². The summed E-state index contributed by atoms with van der Waals surface area (Å²) in [7, 11) is -3.47. The number of hydrogen-bond donors (Lipinski definition) is 0. The highest BCUT2D eigenvalue weighted by Crippen LogP contribution is 2.23. The van der Waals surface area contributed by atoms with Crippen LogP contribution in [0.1, 0.15) is 27.2 Å². The fourth-order valence-corrected chi connectivity index (χ4v) is 3.99. The summed E-state index contributed by atoms with van der Waals surface area (Å²) in [5.74, 6) is 0.694. The van der Waals surface area contributed by atoms with Crippen LogP contribution in [0.4, 0.5) is 0 Å². The first-order valence-electron chi connectivity index (χ1n) is 7.32. The lowest BCUT2D eigenvalue weighted by Gasteiger charge is -2.34. The van der Waals surface area contributed by atoms with Gasteiger partial charge in [0, 0.05) is 13.1 Å². The predicted molar refractivity (Wildman–Crippen MR) is 81.0 cm³/mol. The lowest BCUT2D eigenvalue weighted by Crippen LogP contribution is -2.48. The molecule has 1 aromatic rings. The minimum atomic E-state index is -3.47. The molecule has 6 heteroatoms. The van der Waals surface area contributed by atoms with Crippen LogP contribution in [0, 0.1) is 0 Å². The molecule has 1 heterocycles. The lowest BCUT2D eigenvalue weighted by molar-refractivity contribution is -0.0440. The van der Waals surface area contributed by atoms with E-state index in [0.717, 1.165) is 6.42 Å². The summed E-state index contributed by atoms with van der Waals surface area (Å²) in [6.07, 6.45) is 0.746. The molecule has 0 amide bonds. The van der Waals surface area contributed by atoms with Crippen LogP contribution in [-0.2, 0) is 14.8 Å². The molecule has 1 saturated heterocycles. The standard InChI is InChI=1S/C15H23NO4S/c1-4-9-19-14-5-7-15(8-6-14)21(17,18)16-10-12(2)20-13(3)11-16/h5-8,12-13H,4,9-11H2,1-3H3/t12-,13-/m0/s1. The van der Waals surface area contributed by atoms with Gasteiger partial charge in [0.1, 0.15) is 5.75 Å². The highest BCUT2D eigenvalue weighted by atomic mass is 32.2. The number of morpholine rings is 1. The Bertz CT molecular complexity index is 546. The van der Waals surface area contributed by atoms with Crippen LogP contribution in [0.2, 0.25) is 0 Å². The number of rotatable bonds is 5. The van der Waals surface area contributed by atoms with Crippen molar-refractivity contribution in [3.8, 4) is 5.75 Å². The first-order chi connectivity index (χ1) is 9.93. The van der Waals surface area contributed by atoms with Gasteiger partial charge in [0.15, 0.2) is 0 Å². The summed E-state index contributed by atoms with van der Waals surface area (Å²) in [4.78, 5) is 0.299. The van der Waals surface area contributed by atoms with Crippen molar-refractivity contribution in [2.45, 2.75) is 44.3 Å². The van der Waals surface area contributed by atoms with Crippen LogP contribution in [0.15, 0.2) is 29.2 Å². The molecule has 1 aromatic carbocycles. The zero-order valence-electron chi connectivity index (χ0n) is 12.8. The van der Waals surface area contributed by atoms with E-state index in [0.29, 0.717) is 30.3 Å². The third-order valence-corrected chi connectivity index (χ3v) is 5.17. The molecule has 0 aromatic heterocycles. The van der Waals surface area contributed by atoms with Gasteiger partial charge in [-0.15, -0.1) is 0 Å². The Morgan fingerprint density at radius 3 is 2.29 bits per heavy atom. The van der Waals surface area contributed by atoms with Crippen molar-refractivity contribution in [1.29, 1.82) is 0 Å². The van der Waals surface area contributed by atoms with Gasteiger partial charge < -0.3 is 9.47 Å². The van der Waals surface area contributed by atoms with Gasteiger partial charge >= 0.3 is 0 Å². The van der Waals surface area contributed by atoms with E-state index in [4.69, 9.17) is 9.47 Å². The maximum Gasteiger partial charge on any atom is 0.243 e. The topological polar surface area (TPSA) is 55.8 Å². The number of hydrogen-bond acceptors (Lipinski definition) is 4. The van der Waals surface area contributed by atoms with Crippen LogP contribution >= 0.6 is 0 Å². The van der Waals surface area contributed by atoms with E-state index in [1.54, 1.807) is 24.3 Å². The molecular formula is C15H23NO4S. The SMILES string of the molecule is CCCOc1ccc(S(=O)(=O)N2C[C@H](C)O[C@@H](C)C2)cc1. The Kier molecular flexibility index (Phi) is 5.24.